The number of nitrogens with zero attached hydrogens (tertiary/aromatic N) is 2. The molecule has 7 heteroatoms. The first-order valence-electron chi connectivity index (χ1n) is 11.3. The highest BCUT2D eigenvalue weighted by atomic mass is 32.1. The van der Waals surface area contributed by atoms with Gasteiger partial charge in [0.2, 0.25) is 0 Å². The van der Waals surface area contributed by atoms with Gasteiger partial charge in [-0.25, -0.2) is 9.78 Å². The summed E-state index contributed by atoms with van der Waals surface area (Å²) in [7, 11) is 2.13. The molecule has 1 aliphatic heterocycles. The second-order valence-corrected chi connectivity index (χ2v) is 10.3. The number of rotatable bonds is 5. The molecule has 6 nitrogen and oxygen atoms in total. The molecule has 0 amide bonds. The fourth-order valence-corrected chi connectivity index (χ4v) is 6.89. The Morgan fingerprint density at radius 1 is 1.32 bits per heavy atom. The van der Waals surface area contributed by atoms with Crippen molar-refractivity contribution in [3.63, 3.8) is 0 Å². The fourth-order valence-electron chi connectivity index (χ4n) is 5.94. The maximum Gasteiger partial charge on any atom is 0.355 e. The third-order valence-corrected chi connectivity index (χ3v) is 8.58. The average Bonchev–Trinajstić information content (AvgIpc) is 3.37. The molecule has 2 aromatic rings. The van der Waals surface area contributed by atoms with Gasteiger partial charge in [-0.1, -0.05) is 6.07 Å². The Morgan fingerprint density at radius 3 is 3.00 bits per heavy atom. The number of fused-ring (bicyclic) bond motifs is 2. The highest BCUT2D eigenvalue weighted by Gasteiger charge is 2.46. The van der Waals surface area contributed by atoms with Crippen LogP contribution in [-0.2, 0) is 6.42 Å². The van der Waals surface area contributed by atoms with Crippen LogP contribution in [-0.4, -0.2) is 47.5 Å². The molecular formula is C24H30N2O4S. The maximum absolute atomic E-state index is 11.1. The van der Waals surface area contributed by atoms with E-state index >= 15 is 0 Å². The molecule has 31 heavy (non-hydrogen) atoms. The van der Waals surface area contributed by atoms with E-state index in [-0.39, 0.29) is 17.7 Å². The quantitative estimate of drug-likeness (QED) is 0.723. The van der Waals surface area contributed by atoms with Crippen molar-refractivity contribution in [2.24, 2.45) is 17.8 Å². The summed E-state index contributed by atoms with van der Waals surface area (Å²) in [6, 6.07) is 6.39. The number of aryl methyl sites for hydroxylation is 1. The Bertz CT molecular complexity index is 961. The van der Waals surface area contributed by atoms with Crippen LogP contribution in [0.1, 0.15) is 59.1 Å². The minimum Gasteiger partial charge on any atom is -0.493 e. The topological polar surface area (TPSA) is 82.9 Å². The molecule has 3 aliphatic rings. The van der Waals surface area contributed by atoms with Gasteiger partial charge in [0.15, 0.2) is 5.69 Å². The van der Waals surface area contributed by atoms with Crippen molar-refractivity contribution in [1.29, 1.82) is 0 Å². The molecule has 1 aromatic carbocycles. The number of anilines is 1. The molecule has 2 heterocycles. The molecule has 0 bridgehead atoms. The number of carboxylic acids is 1. The maximum atomic E-state index is 11.1. The Labute approximate surface area is 186 Å². The van der Waals surface area contributed by atoms with Crippen molar-refractivity contribution in [3.05, 3.63) is 39.8 Å². The number of hydrogen-bond donors (Lipinski definition) is 2. The predicted octanol–water partition coefficient (Wildman–Crippen LogP) is 4.18. The minimum atomic E-state index is -0.960. The Balaban J connectivity index is 1.22. The van der Waals surface area contributed by atoms with Crippen LogP contribution < -0.4 is 9.64 Å². The van der Waals surface area contributed by atoms with Crippen molar-refractivity contribution in [2.75, 3.05) is 25.1 Å². The summed E-state index contributed by atoms with van der Waals surface area (Å²) < 4.78 is 6.20. The van der Waals surface area contributed by atoms with Crippen molar-refractivity contribution >= 4 is 23.0 Å². The number of aliphatic hydroxyl groups excluding tert-OH is 1. The van der Waals surface area contributed by atoms with Crippen LogP contribution in [0.3, 0.4) is 0 Å². The second kappa shape index (κ2) is 8.43. The lowest BCUT2D eigenvalue weighted by Crippen LogP contribution is -2.29. The van der Waals surface area contributed by atoms with Gasteiger partial charge in [-0.3, -0.25) is 0 Å². The third-order valence-electron chi connectivity index (χ3n) is 7.57. The van der Waals surface area contributed by atoms with Gasteiger partial charge in [0.05, 0.1) is 17.7 Å². The summed E-state index contributed by atoms with van der Waals surface area (Å²) >= 11 is 1.46. The van der Waals surface area contributed by atoms with Crippen molar-refractivity contribution in [3.8, 4) is 5.75 Å². The van der Waals surface area contributed by atoms with E-state index in [9.17, 15) is 9.90 Å². The van der Waals surface area contributed by atoms with Crippen LogP contribution in [0.25, 0.3) is 0 Å². The number of benzene rings is 1. The van der Waals surface area contributed by atoms with Crippen molar-refractivity contribution in [1.82, 2.24) is 4.98 Å². The number of hydrogen-bond acceptors (Lipinski definition) is 6. The Hall–Kier alpha value is -2.12. The zero-order valence-electron chi connectivity index (χ0n) is 17.9. The van der Waals surface area contributed by atoms with E-state index in [4.69, 9.17) is 9.84 Å². The number of ether oxygens (including phenoxy) is 1. The number of aliphatic hydroxyl groups is 1. The Kier molecular flexibility index (Phi) is 5.65. The van der Waals surface area contributed by atoms with Crippen molar-refractivity contribution < 1.29 is 19.7 Å². The van der Waals surface area contributed by atoms with Crippen LogP contribution in [0.5, 0.6) is 5.75 Å². The first-order chi connectivity index (χ1) is 15.0. The molecule has 2 saturated carbocycles. The summed E-state index contributed by atoms with van der Waals surface area (Å²) in [5.41, 5.74) is 2.79. The van der Waals surface area contributed by atoms with Gasteiger partial charge in [-0.2, -0.15) is 0 Å². The molecule has 2 N–H and O–H groups in total. The highest BCUT2D eigenvalue weighted by molar-refractivity contribution is 7.09. The lowest BCUT2D eigenvalue weighted by molar-refractivity contribution is 0.0689. The molecule has 5 rings (SSSR count). The molecule has 0 unspecified atom stereocenters. The largest absolute Gasteiger partial charge is 0.493 e. The first kappa shape index (κ1) is 20.8. The summed E-state index contributed by atoms with van der Waals surface area (Å²) in [5, 5.41) is 22.5. The normalized spacial score (nSPS) is 30.0. The van der Waals surface area contributed by atoms with Gasteiger partial charge in [0.1, 0.15) is 5.75 Å². The van der Waals surface area contributed by atoms with E-state index in [2.05, 4.69) is 35.1 Å². The summed E-state index contributed by atoms with van der Waals surface area (Å²) in [6.45, 7) is 1.63. The number of thiazole rings is 1. The van der Waals surface area contributed by atoms with Crippen LogP contribution in [0.4, 0.5) is 5.69 Å². The van der Waals surface area contributed by atoms with Crippen molar-refractivity contribution in [2.45, 2.75) is 50.5 Å². The summed E-state index contributed by atoms with van der Waals surface area (Å²) in [4.78, 5) is 17.8. The van der Waals surface area contributed by atoms with Gasteiger partial charge in [0, 0.05) is 42.6 Å². The number of aromatic nitrogens is 1. The predicted molar refractivity (Wildman–Crippen MR) is 120 cm³/mol. The lowest BCUT2D eigenvalue weighted by Gasteiger charge is -2.33. The van der Waals surface area contributed by atoms with Crippen LogP contribution in [0.15, 0.2) is 23.6 Å². The molecule has 0 saturated heterocycles. The number of carboxylic acid groups (broad SMARTS) is 1. The molecular weight excluding hydrogens is 412 g/mol. The first-order valence-corrected chi connectivity index (χ1v) is 12.2. The number of aromatic carboxylic acids is 1. The monoisotopic (exact) mass is 442 g/mol. The van der Waals surface area contributed by atoms with Gasteiger partial charge < -0.3 is 19.8 Å². The van der Waals surface area contributed by atoms with Crippen LogP contribution in [0.2, 0.25) is 0 Å². The third kappa shape index (κ3) is 4.05. The SMILES string of the molecule is CN1CCCc2ccc(OC[C@@H]3[C@H]4CC[C@H](c5nc(C(=O)O)cs5)C[C@H]4C[C@@H]3O)cc21. The highest BCUT2D eigenvalue weighted by Crippen LogP contribution is 2.50. The van der Waals surface area contributed by atoms with E-state index in [1.54, 1.807) is 5.38 Å². The smallest absolute Gasteiger partial charge is 0.355 e. The van der Waals surface area contributed by atoms with E-state index in [1.807, 2.05) is 0 Å². The minimum absolute atomic E-state index is 0.149. The molecule has 1 aromatic heterocycles. The molecule has 0 spiro atoms. The average molecular weight is 443 g/mol. The number of carbonyl (C=O) groups is 1. The molecule has 0 radical (unpaired) electrons. The van der Waals surface area contributed by atoms with Gasteiger partial charge in [-0.05, 0) is 62.0 Å². The van der Waals surface area contributed by atoms with Gasteiger partial charge in [0.25, 0.3) is 0 Å². The second-order valence-electron chi connectivity index (χ2n) is 9.40. The summed E-state index contributed by atoms with van der Waals surface area (Å²) in [5.74, 6) is 1.31. The van der Waals surface area contributed by atoms with E-state index < -0.39 is 5.97 Å². The van der Waals surface area contributed by atoms with E-state index in [1.165, 1.54) is 29.0 Å². The zero-order valence-corrected chi connectivity index (χ0v) is 18.7. The fraction of sp³-hybridized carbons (Fsp3) is 0.583. The lowest BCUT2D eigenvalue weighted by atomic mass is 9.73. The molecule has 166 valence electrons. The van der Waals surface area contributed by atoms with E-state index in [0.717, 1.165) is 49.4 Å². The van der Waals surface area contributed by atoms with E-state index in [0.29, 0.717) is 24.4 Å². The molecule has 5 atom stereocenters. The van der Waals surface area contributed by atoms with Crippen LogP contribution >= 0.6 is 11.3 Å². The van der Waals surface area contributed by atoms with Gasteiger partial charge in [-0.15, -0.1) is 11.3 Å². The standard InChI is InChI=1S/C24H30N2O4S/c1-26-8-2-3-14-4-6-17(11-21(14)26)30-12-19-18-7-5-15(9-16(18)10-22(19)27)23-25-20(13-31-23)24(28)29/h4,6,11,13,15-16,18-19,22,27H,2-3,5,7-10,12H2,1H3,(H,28,29)/t15-,16-,18-,19+,22-/m0/s1. The molecule has 2 fully saturated rings. The molecule has 2 aliphatic carbocycles. The Morgan fingerprint density at radius 2 is 2.19 bits per heavy atom. The van der Waals surface area contributed by atoms with Crippen LogP contribution in [0, 0.1) is 17.8 Å². The van der Waals surface area contributed by atoms with Gasteiger partial charge >= 0.3 is 5.97 Å². The summed E-state index contributed by atoms with van der Waals surface area (Å²) in [6.07, 6.45) is 5.81. The zero-order chi connectivity index (χ0) is 21.5.